The molecule has 2 aromatic heterocycles. The first-order valence-electron chi connectivity index (χ1n) is 10.5. The highest BCUT2D eigenvalue weighted by atomic mass is 32.1. The molecule has 0 aliphatic carbocycles. The van der Waals surface area contributed by atoms with Crippen molar-refractivity contribution in [2.75, 3.05) is 0 Å². The molecule has 0 atom stereocenters. The van der Waals surface area contributed by atoms with E-state index in [1.54, 1.807) is 0 Å². The monoisotopic (exact) mass is 428 g/mol. The molecule has 7 rings (SSSR count). The second-order valence-corrected chi connectivity index (χ2v) is 10.0. The van der Waals surface area contributed by atoms with Gasteiger partial charge in [-0.3, -0.25) is 0 Å². The lowest BCUT2D eigenvalue weighted by molar-refractivity contribution is 1.67. The maximum absolute atomic E-state index is 2.34. The van der Waals surface area contributed by atoms with E-state index >= 15 is 0 Å². The molecule has 0 radical (unpaired) electrons. The van der Waals surface area contributed by atoms with Gasteiger partial charge >= 0.3 is 0 Å². The van der Waals surface area contributed by atoms with Crippen LogP contribution in [-0.4, -0.2) is 6.71 Å². The lowest BCUT2D eigenvalue weighted by Crippen LogP contribution is -2.51. The molecule has 0 nitrogen and oxygen atoms in total. The topological polar surface area (TPSA) is 0 Å². The maximum atomic E-state index is 2.34. The molecule has 144 valence electrons. The van der Waals surface area contributed by atoms with E-state index in [-0.39, 0.29) is 6.71 Å². The Labute approximate surface area is 189 Å². The van der Waals surface area contributed by atoms with Crippen LogP contribution in [0.2, 0.25) is 0 Å². The zero-order valence-electron chi connectivity index (χ0n) is 16.7. The first-order chi connectivity index (χ1) is 15.4. The zero-order chi connectivity index (χ0) is 20.4. The first-order valence-corrected chi connectivity index (χ1v) is 12.3. The van der Waals surface area contributed by atoms with Crippen molar-refractivity contribution in [1.29, 1.82) is 0 Å². The smallest absolute Gasteiger partial charge is 0.157 e. The van der Waals surface area contributed by atoms with Gasteiger partial charge in [0.05, 0.1) is 0 Å². The van der Waals surface area contributed by atoms with Crippen molar-refractivity contribution in [2.45, 2.75) is 0 Å². The predicted molar refractivity (Wildman–Crippen MR) is 139 cm³/mol. The third-order valence-electron chi connectivity index (χ3n) is 6.52. The van der Waals surface area contributed by atoms with Gasteiger partial charge in [-0.15, -0.1) is 0 Å². The fraction of sp³-hybridized carbons (Fsp3) is 0. The quantitative estimate of drug-likeness (QED) is 0.213. The molecule has 4 aromatic carbocycles. The van der Waals surface area contributed by atoms with Crippen LogP contribution in [0.15, 0.2) is 102 Å². The summed E-state index contributed by atoms with van der Waals surface area (Å²) in [5.74, 6) is 0. The van der Waals surface area contributed by atoms with Gasteiger partial charge < -0.3 is 0 Å². The third kappa shape index (κ3) is 2.48. The van der Waals surface area contributed by atoms with Crippen LogP contribution in [0.5, 0.6) is 0 Å². The summed E-state index contributed by atoms with van der Waals surface area (Å²) in [5, 5.41) is 9.87. The Kier molecular flexibility index (Phi) is 3.78. The summed E-state index contributed by atoms with van der Waals surface area (Å²) in [6, 6.07) is 33.6. The van der Waals surface area contributed by atoms with Crippen LogP contribution in [0.4, 0.5) is 0 Å². The lowest BCUT2D eigenvalue weighted by atomic mass is 9.40. The Morgan fingerprint density at radius 2 is 0.968 bits per heavy atom. The van der Waals surface area contributed by atoms with Gasteiger partial charge in [0.25, 0.3) is 6.71 Å². The van der Waals surface area contributed by atoms with E-state index < -0.39 is 0 Å². The van der Waals surface area contributed by atoms with E-state index in [1.165, 1.54) is 58.8 Å². The SMILES string of the molecule is c1ccc2c(c1)-c1ccsc1B(c1c3ccccc3cc3ccccc13)c1sccc1-2. The Morgan fingerprint density at radius 1 is 0.484 bits per heavy atom. The highest BCUT2D eigenvalue weighted by Gasteiger charge is 2.35. The van der Waals surface area contributed by atoms with Gasteiger partial charge in [0.2, 0.25) is 0 Å². The van der Waals surface area contributed by atoms with Crippen molar-refractivity contribution in [1.82, 2.24) is 0 Å². The van der Waals surface area contributed by atoms with E-state index in [1.807, 2.05) is 22.7 Å². The molecule has 0 unspecified atom stereocenters. The van der Waals surface area contributed by atoms with Crippen molar-refractivity contribution >= 4 is 65.9 Å². The highest BCUT2D eigenvalue weighted by Crippen LogP contribution is 2.36. The minimum atomic E-state index is 0.230. The average Bonchev–Trinajstić information content (AvgIpc) is 3.48. The lowest BCUT2D eigenvalue weighted by Gasteiger charge is -2.18. The number of hydrogen-bond acceptors (Lipinski definition) is 2. The van der Waals surface area contributed by atoms with Crippen LogP contribution < -0.4 is 15.0 Å². The van der Waals surface area contributed by atoms with Crippen LogP contribution >= 0.6 is 22.7 Å². The number of thiophene rings is 2. The van der Waals surface area contributed by atoms with Crippen LogP contribution in [-0.2, 0) is 0 Å². The van der Waals surface area contributed by atoms with E-state index in [2.05, 4.69) is 102 Å². The largest absolute Gasteiger partial charge is 0.269 e. The Morgan fingerprint density at radius 3 is 1.52 bits per heavy atom. The van der Waals surface area contributed by atoms with Crippen LogP contribution in [0.25, 0.3) is 43.8 Å². The Hall–Kier alpha value is -3.14. The van der Waals surface area contributed by atoms with E-state index in [0.717, 1.165) is 0 Å². The molecule has 31 heavy (non-hydrogen) atoms. The first kappa shape index (κ1) is 17.5. The van der Waals surface area contributed by atoms with Crippen molar-refractivity contribution in [3.05, 3.63) is 102 Å². The summed E-state index contributed by atoms with van der Waals surface area (Å²) in [6.45, 7) is 0.230. The standard InChI is InChI=1S/C28H17BS2/c1-3-9-20-18(7-1)17-19-8-2-4-10-21(19)26(20)29-27-24(13-15-30-27)22-11-5-6-12-23(22)25-14-16-31-28(25)29/h1-17H. The molecule has 1 aliphatic heterocycles. The predicted octanol–water partition coefficient (Wildman–Crippen LogP) is 6.28. The maximum Gasteiger partial charge on any atom is 0.269 e. The summed E-state index contributed by atoms with van der Waals surface area (Å²) in [6.07, 6.45) is 0. The molecule has 3 heterocycles. The van der Waals surface area contributed by atoms with Crippen molar-refractivity contribution in [3.8, 4) is 22.3 Å². The Bertz CT molecular complexity index is 1490. The highest BCUT2D eigenvalue weighted by molar-refractivity contribution is 7.35. The van der Waals surface area contributed by atoms with Crippen molar-refractivity contribution < 1.29 is 0 Å². The molecule has 0 amide bonds. The molecule has 0 fully saturated rings. The summed E-state index contributed by atoms with van der Waals surface area (Å²) < 4.78 is 2.91. The molecule has 0 spiro atoms. The molecule has 0 bridgehead atoms. The van der Waals surface area contributed by atoms with Crippen LogP contribution in [0.3, 0.4) is 0 Å². The number of hydrogen-bond donors (Lipinski definition) is 0. The Balaban J connectivity index is 1.68. The van der Waals surface area contributed by atoms with Gasteiger partial charge in [0.1, 0.15) is 0 Å². The second kappa shape index (κ2) is 6.68. The molecule has 0 saturated carbocycles. The molecule has 6 aromatic rings. The van der Waals surface area contributed by atoms with Gasteiger partial charge in [0.15, 0.2) is 0 Å². The van der Waals surface area contributed by atoms with E-state index in [9.17, 15) is 0 Å². The summed E-state index contributed by atoms with van der Waals surface area (Å²) in [4.78, 5) is 0. The number of benzene rings is 4. The van der Waals surface area contributed by atoms with Gasteiger partial charge in [0, 0.05) is 0 Å². The minimum absolute atomic E-state index is 0.230. The third-order valence-corrected chi connectivity index (χ3v) is 8.49. The molecular formula is C28H17BS2. The normalized spacial score (nSPS) is 12.5. The summed E-state index contributed by atoms with van der Waals surface area (Å²) >= 11 is 3.79. The van der Waals surface area contributed by atoms with E-state index in [4.69, 9.17) is 0 Å². The molecule has 3 heteroatoms. The van der Waals surface area contributed by atoms with Gasteiger partial charge in [-0.05, 0) is 82.3 Å². The molecular weight excluding hydrogens is 411 g/mol. The molecule has 0 N–H and O–H groups in total. The molecule has 1 aliphatic rings. The van der Waals surface area contributed by atoms with Gasteiger partial charge in [-0.25, -0.2) is 0 Å². The fourth-order valence-corrected chi connectivity index (χ4v) is 7.36. The fourth-order valence-electron chi connectivity index (χ4n) is 5.23. The molecule has 0 saturated heterocycles. The summed E-state index contributed by atoms with van der Waals surface area (Å²) in [5.41, 5.74) is 6.90. The van der Waals surface area contributed by atoms with Gasteiger partial charge in [-0.1, -0.05) is 78.3 Å². The number of fused-ring (bicyclic) bond motifs is 7. The zero-order valence-corrected chi connectivity index (χ0v) is 18.3. The minimum Gasteiger partial charge on any atom is -0.157 e. The van der Waals surface area contributed by atoms with Crippen LogP contribution in [0, 0.1) is 0 Å². The van der Waals surface area contributed by atoms with E-state index in [0.29, 0.717) is 0 Å². The van der Waals surface area contributed by atoms with Crippen molar-refractivity contribution in [3.63, 3.8) is 0 Å². The second-order valence-electron chi connectivity index (χ2n) is 8.11. The van der Waals surface area contributed by atoms with Crippen molar-refractivity contribution in [2.24, 2.45) is 0 Å². The van der Waals surface area contributed by atoms with Crippen LogP contribution in [0.1, 0.15) is 0 Å². The van der Waals surface area contributed by atoms with Gasteiger partial charge in [-0.2, -0.15) is 22.7 Å². The summed E-state index contributed by atoms with van der Waals surface area (Å²) in [7, 11) is 0. The number of rotatable bonds is 1. The average molecular weight is 428 g/mol.